The molecule has 0 spiro atoms. The largest absolute Gasteiger partial charge is 0.472 e. The molecule has 1 saturated heterocycles. The maximum absolute atomic E-state index is 12.7. The van der Waals surface area contributed by atoms with E-state index >= 15 is 0 Å². The van der Waals surface area contributed by atoms with Crippen LogP contribution in [-0.2, 0) is 17.1 Å². The van der Waals surface area contributed by atoms with Gasteiger partial charge in [-0.15, -0.1) is 0 Å². The Hall–Kier alpha value is -1.29. The Balaban J connectivity index is 1.76. The standard InChI is InChI=1S/C17H26N4O3S2/c1-13(2)17-19-16(11-20(17)3)26(22,23)18-10-15(14-4-7-24-12-14)21-5-8-25-9-6-21/h4,7,11-13,15,18H,5-6,8-10H2,1-3H3/t15-/m1/s1. The van der Waals surface area contributed by atoms with Crippen LogP contribution in [0.5, 0.6) is 0 Å². The molecule has 0 aliphatic carbocycles. The zero-order valence-corrected chi connectivity index (χ0v) is 17.0. The van der Waals surface area contributed by atoms with E-state index < -0.39 is 10.0 Å². The molecule has 7 nitrogen and oxygen atoms in total. The highest BCUT2D eigenvalue weighted by Gasteiger charge is 2.27. The number of nitrogens with zero attached hydrogens (tertiary/aromatic N) is 3. The number of nitrogens with one attached hydrogen (secondary N) is 1. The second-order valence-electron chi connectivity index (χ2n) is 6.78. The molecule has 0 unspecified atom stereocenters. The molecule has 1 aliphatic heterocycles. The third-order valence-corrected chi connectivity index (χ3v) is 6.80. The van der Waals surface area contributed by atoms with Crippen LogP contribution >= 0.6 is 11.8 Å². The van der Waals surface area contributed by atoms with Crippen molar-refractivity contribution in [3.63, 3.8) is 0 Å². The summed E-state index contributed by atoms with van der Waals surface area (Å²) >= 11 is 1.92. The molecule has 3 rings (SSSR count). The van der Waals surface area contributed by atoms with E-state index in [2.05, 4.69) is 14.6 Å². The van der Waals surface area contributed by atoms with E-state index in [1.54, 1.807) is 23.3 Å². The molecule has 1 atom stereocenters. The molecule has 1 fully saturated rings. The van der Waals surface area contributed by atoms with Crippen molar-refractivity contribution < 1.29 is 12.8 Å². The van der Waals surface area contributed by atoms with Crippen molar-refractivity contribution in [3.05, 3.63) is 36.2 Å². The van der Waals surface area contributed by atoms with Crippen LogP contribution in [0.15, 0.2) is 34.2 Å². The van der Waals surface area contributed by atoms with Gasteiger partial charge in [-0.2, -0.15) is 11.8 Å². The molecule has 2 aromatic heterocycles. The molecule has 0 aromatic carbocycles. The minimum atomic E-state index is -3.66. The van der Waals surface area contributed by atoms with Crippen molar-refractivity contribution in [2.45, 2.75) is 30.8 Å². The predicted molar refractivity (Wildman–Crippen MR) is 103 cm³/mol. The average Bonchev–Trinajstić information content (AvgIpc) is 3.26. The van der Waals surface area contributed by atoms with Gasteiger partial charge in [0.25, 0.3) is 10.0 Å². The summed E-state index contributed by atoms with van der Waals surface area (Å²) in [5.74, 6) is 3.02. The molecule has 1 aliphatic rings. The van der Waals surface area contributed by atoms with Crippen LogP contribution in [0, 0.1) is 0 Å². The Morgan fingerprint density at radius 2 is 2.08 bits per heavy atom. The summed E-state index contributed by atoms with van der Waals surface area (Å²) in [4.78, 5) is 6.62. The molecule has 144 valence electrons. The summed E-state index contributed by atoms with van der Waals surface area (Å²) < 4.78 is 35.2. The molecule has 0 saturated carbocycles. The number of sulfonamides is 1. The SMILES string of the molecule is CC(C)c1nc(S(=O)(=O)NC[C@H](c2ccoc2)N2CCSCC2)cn1C. The highest BCUT2D eigenvalue weighted by atomic mass is 32.2. The molecule has 3 heterocycles. The Morgan fingerprint density at radius 1 is 1.35 bits per heavy atom. The number of thioether (sulfide) groups is 1. The number of hydrogen-bond donors (Lipinski definition) is 1. The highest BCUT2D eigenvalue weighted by Crippen LogP contribution is 2.25. The monoisotopic (exact) mass is 398 g/mol. The van der Waals surface area contributed by atoms with Crippen LogP contribution in [0.25, 0.3) is 0 Å². The van der Waals surface area contributed by atoms with Gasteiger partial charge in [-0.25, -0.2) is 18.1 Å². The first-order valence-corrected chi connectivity index (χ1v) is 11.4. The molecule has 9 heteroatoms. The quantitative estimate of drug-likeness (QED) is 0.770. The van der Waals surface area contributed by atoms with Crippen molar-refractivity contribution in [1.29, 1.82) is 0 Å². The van der Waals surface area contributed by atoms with Crippen molar-refractivity contribution >= 4 is 21.8 Å². The maximum Gasteiger partial charge on any atom is 0.259 e. The van der Waals surface area contributed by atoms with E-state index in [-0.39, 0.29) is 17.0 Å². The summed E-state index contributed by atoms with van der Waals surface area (Å²) in [6.07, 6.45) is 4.89. The van der Waals surface area contributed by atoms with E-state index in [1.807, 2.05) is 38.7 Å². The Morgan fingerprint density at radius 3 is 2.65 bits per heavy atom. The van der Waals surface area contributed by atoms with Gasteiger partial charge < -0.3 is 8.98 Å². The number of rotatable bonds is 7. The number of furan rings is 1. The van der Waals surface area contributed by atoms with Crippen LogP contribution in [0.3, 0.4) is 0 Å². The van der Waals surface area contributed by atoms with Crippen molar-refractivity contribution in [1.82, 2.24) is 19.2 Å². The first-order chi connectivity index (χ1) is 12.4. The number of aromatic nitrogens is 2. The van der Waals surface area contributed by atoms with Gasteiger partial charge in [0.2, 0.25) is 0 Å². The first kappa shape index (κ1) is 19.5. The van der Waals surface area contributed by atoms with Crippen LogP contribution in [0.1, 0.15) is 37.2 Å². The summed E-state index contributed by atoms with van der Waals surface area (Å²) in [6, 6.07) is 1.86. The van der Waals surface area contributed by atoms with Crippen molar-refractivity contribution in [2.24, 2.45) is 7.05 Å². The molecule has 0 radical (unpaired) electrons. The van der Waals surface area contributed by atoms with Gasteiger partial charge in [0, 0.05) is 55.9 Å². The molecular formula is C17H26N4O3S2. The number of imidazole rings is 1. The summed E-state index contributed by atoms with van der Waals surface area (Å²) in [5, 5.41) is 0.0730. The van der Waals surface area contributed by atoms with Gasteiger partial charge >= 0.3 is 0 Å². The lowest BCUT2D eigenvalue weighted by Gasteiger charge is -2.33. The number of hydrogen-bond acceptors (Lipinski definition) is 6. The lowest BCUT2D eigenvalue weighted by molar-refractivity contribution is 0.218. The molecule has 0 bridgehead atoms. The predicted octanol–water partition coefficient (Wildman–Crippen LogP) is 2.20. The van der Waals surface area contributed by atoms with E-state index in [9.17, 15) is 8.42 Å². The summed E-state index contributed by atoms with van der Waals surface area (Å²) in [5.41, 5.74) is 0.989. The van der Waals surface area contributed by atoms with Crippen LogP contribution in [0.4, 0.5) is 0 Å². The zero-order valence-electron chi connectivity index (χ0n) is 15.4. The molecule has 2 aromatic rings. The first-order valence-electron chi connectivity index (χ1n) is 8.75. The van der Waals surface area contributed by atoms with Gasteiger partial charge in [0.15, 0.2) is 5.03 Å². The van der Waals surface area contributed by atoms with Gasteiger partial charge in [-0.05, 0) is 6.07 Å². The van der Waals surface area contributed by atoms with Gasteiger partial charge in [0.05, 0.1) is 18.6 Å². The zero-order chi connectivity index (χ0) is 18.7. The third-order valence-electron chi connectivity index (χ3n) is 4.56. The normalized spacial score (nSPS) is 17.7. The summed E-state index contributed by atoms with van der Waals surface area (Å²) in [7, 11) is -1.84. The number of aryl methyl sites for hydroxylation is 1. The highest BCUT2D eigenvalue weighted by molar-refractivity contribution is 7.99. The topological polar surface area (TPSA) is 80.4 Å². The van der Waals surface area contributed by atoms with Gasteiger partial charge in [-0.3, -0.25) is 4.90 Å². The molecule has 1 N–H and O–H groups in total. The maximum atomic E-state index is 12.7. The fraction of sp³-hybridized carbons (Fsp3) is 0.588. The molecule has 0 amide bonds. The fourth-order valence-corrected chi connectivity index (χ4v) is 5.16. The van der Waals surface area contributed by atoms with E-state index in [0.717, 1.165) is 36.0 Å². The van der Waals surface area contributed by atoms with Gasteiger partial charge in [-0.1, -0.05) is 13.8 Å². The van der Waals surface area contributed by atoms with Crippen molar-refractivity contribution in [3.8, 4) is 0 Å². The fourth-order valence-electron chi connectivity index (χ4n) is 3.19. The summed E-state index contributed by atoms with van der Waals surface area (Å²) in [6.45, 7) is 6.15. The lowest BCUT2D eigenvalue weighted by atomic mass is 10.1. The van der Waals surface area contributed by atoms with E-state index in [1.165, 1.54) is 0 Å². The Kier molecular flexibility index (Phi) is 6.11. The minimum absolute atomic E-state index is 0.0438. The lowest BCUT2D eigenvalue weighted by Crippen LogP contribution is -2.42. The van der Waals surface area contributed by atoms with E-state index in [4.69, 9.17) is 4.42 Å². The Labute approximate surface area is 159 Å². The average molecular weight is 399 g/mol. The van der Waals surface area contributed by atoms with Crippen LogP contribution in [-0.4, -0.2) is 54.0 Å². The third kappa shape index (κ3) is 4.33. The molecule has 26 heavy (non-hydrogen) atoms. The smallest absolute Gasteiger partial charge is 0.259 e. The van der Waals surface area contributed by atoms with Crippen LogP contribution < -0.4 is 4.72 Å². The van der Waals surface area contributed by atoms with Crippen LogP contribution in [0.2, 0.25) is 0 Å². The second kappa shape index (κ2) is 8.16. The van der Waals surface area contributed by atoms with Crippen molar-refractivity contribution in [2.75, 3.05) is 31.1 Å². The molecular weight excluding hydrogens is 372 g/mol. The Bertz CT molecular complexity index is 809. The second-order valence-corrected chi connectivity index (χ2v) is 9.71. The van der Waals surface area contributed by atoms with Gasteiger partial charge in [0.1, 0.15) is 5.82 Å². The van der Waals surface area contributed by atoms with E-state index in [0.29, 0.717) is 6.54 Å². The minimum Gasteiger partial charge on any atom is -0.472 e.